The maximum atomic E-state index is 13.5. The number of nitrogens with two attached hydrogens (primary N) is 2. The highest BCUT2D eigenvalue weighted by Crippen LogP contribution is 2.42. The highest BCUT2D eigenvalue weighted by Gasteiger charge is 2.19. The summed E-state index contributed by atoms with van der Waals surface area (Å²) < 4.78 is 24.2. The molecular weight excluding hydrogens is 347 g/mol. The number of anilines is 2. The van der Waals surface area contributed by atoms with Crippen LogP contribution in [0.3, 0.4) is 0 Å². The third kappa shape index (κ3) is 2.98. The summed E-state index contributed by atoms with van der Waals surface area (Å²) in [6, 6.07) is 6.09. The van der Waals surface area contributed by atoms with E-state index < -0.39 is 5.82 Å². The summed E-state index contributed by atoms with van der Waals surface area (Å²) in [5.41, 5.74) is 14.3. The van der Waals surface area contributed by atoms with Gasteiger partial charge in [0.15, 0.2) is 0 Å². The number of aromatic nitrogens is 2. The minimum atomic E-state index is -0.529. The molecule has 4 N–H and O–H groups in total. The molecule has 6 nitrogen and oxygen atoms in total. The second kappa shape index (κ2) is 6.60. The number of methoxy groups -OCH3 is 1. The molecule has 0 bridgehead atoms. The van der Waals surface area contributed by atoms with Crippen LogP contribution in [-0.4, -0.2) is 23.7 Å². The molecule has 3 rings (SSSR count). The van der Waals surface area contributed by atoms with E-state index in [1.165, 1.54) is 19.2 Å². The minimum absolute atomic E-state index is 0.0294. The summed E-state index contributed by atoms with van der Waals surface area (Å²) in [5, 5.41) is 0.489. The highest BCUT2D eigenvalue weighted by atomic mass is 35.5. The fourth-order valence-corrected chi connectivity index (χ4v) is 2.79. The van der Waals surface area contributed by atoms with Crippen LogP contribution in [0.15, 0.2) is 24.3 Å². The Balaban J connectivity index is 2.39. The Morgan fingerprint density at radius 1 is 1.20 bits per heavy atom. The molecule has 0 saturated heterocycles. The van der Waals surface area contributed by atoms with Crippen molar-refractivity contribution in [3.63, 3.8) is 0 Å². The molecule has 25 heavy (non-hydrogen) atoms. The fourth-order valence-electron chi connectivity index (χ4n) is 2.61. The van der Waals surface area contributed by atoms with Crippen molar-refractivity contribution in [3.05, 3.63) is 35.1 Å². The van der Waals surface area contributed by atoms with Crippen LogP contribution in [0.25, 0.3) is 22.0 Å². The van der Waals surface area contributed by atoms with E-state index in [2.05, 4.69) is 9.97 Å². The van der Waals surface area contributed by atoms with Crippen molar-refractivity contribution in [2.24, 2.45) is 0 Å². The lowest BCUT2D eigenvalue weighted by atomic mass is 9.98. The first-order chi connectivity index (χ1) is 12.0. The van der Waals surface area contributed by atoms with Gasteiger partial charge in [-0.2, -0.15) is 9.97 Å². The molecule has 1 aromatic heterocycles. The van der Waals surface area contributed by atoms with Gasteiger partial charge in [0.25, 0.3) is 0 Å². The fraction of sp³-hybridized carbons (Fsp3) is 0.176. The van der Waals surface area contributed by atoms with Crippen molar-refractivity contribution < 1.29 is 13.9 Å². The van der Waals surface area contributed by atoms with E-state index in [-0.39, 0.29) is 16.9 Å². The van der Waals surface area contributed by atoms with Gasteiger partial charge in [0.2, 0.25) is 0 Å². The van der Waals surface area contributed by atoms with E-state index in [0.29, 0.717) is 40.1 Å². The molecule has 3 aromatic rings. The molecule has 0 spiro atoms. The molecule has 8 heteroatoms. The third-order valence-corrected chi connectivity index (χ3v) is 3.99. The highest BCUT2D eigenvalue weighted by molar-refractivity contribution is 6.31. The van der Waals surface area contributed by atoms with Crippen molar-refractivity contribution in [3.8, 4) is 22.9 Å². The van der Waals surface area contributed by atoms with Crippen LogP contribution in [0.1, 0.15) is 6.92 Å². The number of rotatable bonds is 4. The molecular formula is C17H16ClFN4O2. The Bertz CT molecular complexity index is 965. The third-order valence-electron chi connectivity index (χ3n) is 3.70. The van der Waals surface area contributed by atoms with Crippen LogP contribution < -0.4 is 20.9 Å². The number of nitrogen functional groups attached to an aromatic ring is 2. The first-order valence-corrected chi connectivity index (χ1v) is 7.86. The lowest BCUT2D eigenvalue weighted by molar-refractivity contribution is 0.314. The minimum Gasteiger partial charge on any atom is -0.494 e. The zero-order valence-corrected chi connectivity index (χ0v) is 14.4. The topological polar surface area (TPSA) is 96.3 Å². The average molecular weight is 363 g/mol. The summed E-state index contributed by atoms with van der Waals surface area (Å²) in [4.78, 5) is 8.50. The number of fused-ring (bicyclic) bond motifs is 1. The summed E-state index contributed by atoms with van der Waals surface area (Å²) >= 11 is 5.92. The van der Waals surface area contributed by atoms with Gasteiger partial charge in [-0.1, -0.05) is 17.7 Å². The molecule has 0 aliphatic rings. The maximum Gasteiger partial charge on any atom is 0.318 e. The molecule has 0 aliphatic heterocycles. The van der Waals surface area contributed by atoms with Crippen LogP contribution in [0.5, 0.6) is 11.8 Å². The van der Waals surface area contributed by atoms with Crippen LogP contribution in [0.4, 0.5) is 15.9 Å². The predicted molar refractivity (Wildman–Crippen MR) is 96.5 cm³/mol. The molecule has 0 atom stereocenters. The number of nitrogens with zero attached hydrogens (tertiary/aromatic N) is 2. The van der Waals surface area contributed by atoms with E-state index in [0.717, 1.165) is 0 Å². The molecule has 0 aliphatic carbocycles. The van der Waals surface area contributed by atoms with Crippen molar-refractivity contribution >= 4 is 34.0 Å². The average Bonchev–Trinajstić information content (AvgIpc) is 2.58. The van der Waals surface area contributed by atoms with Crippen LogP contribution in [-0.2, 0) is 0 Å². The molecule has 130 valence electrons. The van der Waals surface area contributed by atoms with Gasteiger partial charge in [-0.25, -0.2) is 4.39 Å². The molecule has 0 radical (unpaired) electrons. The van der Waals surface area contributed by atoms with E-state index in [1.54, 1.807) is 12.1 Å². The number of benzene rings is 2. The molecule has 0 fully saturated rings. The maximum absolute atomic E-state index is 13.5. The first-order valence-electron chi connectivity index (χ1n) is 7.48. The SMILES string of the molecule is CCOc1nc(N)c2c(-c3ccc(F)c(Cl)c3)c(N)c(OC)cc2n1. The second-order valence-corrected chi connectivity index (χ2v) is 5.62. The van der Waals surface area contributed by atoms with Gasteiger partial charge >= 0.3 is 6.01 Å². The van der Waals surface area contributed by atoms with Crippen LogP contribution in [0.2, 0.25) is 5.02 Å². The van der Waals surface area contributed by atoms with Gasteiger partial charge in [0.05, 0.1) is 35.3 Å². The van der Waals surface area contributed by atoms with E-state index in [9.17, 15) is 4.39 Å². The number of hydrogen-bond acceptors (Lipinski definition) is 6. The van der Waals surface area contributed by atoms with Crippen molar-refractivity contribution in [1.29, 1.82) is 0 Å². The number of ether oxygens (including phenoxy) is 2. The van der Waals surface area contributed by atoms with Crippen LogP contribution >= 0.6 is 11.6 Å². The summed E-state index contributed by atoms with van der Waals surface area (Å²) in [6.07, 6.45) is 0. The van der Waals surface area contributed by atoms with Gasteiger partial charge in [0.1, 0.15) is 17.4 Å². The molecule has 0 unspecified atom stereocenters. The molecule has 2 aromatic carbocycles. The van der Waals surface area contributed by atoms with Crippen LogP contribution in [0, 0.1) is 5.82 Å². The Morgan fingerprint density at radius 3 is 2.60 bits per heavy atom. The quantitative estimate of drug-likeness (QED) is 0.687. The van der Waals surface area contributed by atoms with Crippen molar-refractivity contribution in [2.45, 2.75) is 6.92 Å². The largest absolute Gasteiger partial charge is 0.494 e. The Hall–Kier alpha value is -2.80. The lowest BCUT2D eigenvalue weighted by Gasteiger charge is -2.16. The number of hydrogen-bond donors (Lipinski definition) is 2. The Morgan fingerprint density at radius 2 is 1.96 bits per heavy atom. The van der Waals surface area contributed by atoms with Gasteiger partial charge in [-0.15, -0.1) is 0 Å². The van der Waals surface area contributed by atoms with Crippen molar-refractivity contribution in [1.82, 2.24) is 9.97 Å². The summed E-state index contributed by atoms with van der Waals surface area (Å²) in [7, 11) is 1.49. The standard InChI is InChI=1S/C17H16ClFN4O2/c1-3-25-17-22-11-7-12(24-2)15(20)13(14(11)16(21)23-17)8-4-5-10(19)9(18)6-8/h4-7H,3,20H2,1-2H3,(H2,21,22,23). The van der Waals surface area contributed by atoms with Gasteiger partial charge in [0, 0.05) is 11.6 Å². The van der Waals surface area contributed by atoms with Gasteiger partial charge in [-0.3, -0.25) is 0 Å². The molecule has 1 heterocycles. The summed E-state index contributed by atoms with van der Waals surface area (Å²) in [5.74, 6) is 0.0702. The Kier molecular flexibility index (Phi) is 4.50. The summed E-state index contributed by atoms with van der Waals surface area (Å²) in [6.45, 7) is 2.22. The Labute approximate surface area is 148 Å². The monoisotopic (exact) mass is 362 g/mol. The van der Waals surface area contributed by atoms with E-state index >= 15 is 0 Å². The van der Waals surface area contributed by atoms with Crippen molar-refractivity contribution in [2.75, 3.05) is 25.2 Å². The smallest absolute Gasteiger partial charge is 0.318 e. The number of halogens is 2. The zero-order chi connectivity index (χ0) is 18.1. The second-order valence-electron chi connectivity index (χ2n) is 5.21. The van der Waals surface area contributed by atoms with Gasteiger partial charge < -0.3 is 20.9 Å². The van der Waals surface area contributed by atoms with E-state index in [4.69, 9.17) is 32.5 Å². The lowest BCUT2D eigenvalue weighted by Crippen LogP contribution is -2.05. The zero-order valence-electron chi connectivity index (χ0n) is 13.6. The molecule has 0 saturated carbocycles. The normalized spacial score (nSPS) is 10.9. The van der Waals surface area contributed by atoms with E-state index in [1.807, 2.05) is 6.92 Å². The van der Waals surface area contributed by atoms with Gasteiger partial charge in [-0.05, 0) is 24.6 Å². The predicted octanol–water partition coefficient (Wildman–Crippen LogP) is 3.66. The molecule has 0 amide bonds. The first kappa shape index (κ1) is 17.0.